The van der Waals surface area contributed by atoms with E-state index in [-0.39, 0.29) is 0 Å². The maximum Gasteiger partial charge on any atom is 0.474 e. The van der Waals surface area contributed by atoms with E-state index in [0.29, 0.717) is 0 Å². The Bertz CT molecular complexity index is 367. The molecule has 0 aliphatic heterocycles. The van der Waals surface area contributed by atoms with Gasteiger partial charge in [-0.3, -0.25) is 9.05 Å². The molecule has 2 atom stereocenters. The lowest BCUT2D eigenvalue weighted by molar-refractivity contribution is 0.0869. The zero-order valence-electron chi connectivity index (χ0n) is 10.2. The number of halogens is 4. The Morgan fingerprint density at radius 3 is 1.30 bits per heavy atom. The molecule has 0 amide bonds. The fourth-order valence-electron chi connectivity index (χ4n) is 0.763. The van der Waals surface area contributed by atoms with Gasteiger partial charge >= 0.3 is 15.6 Å². The Morgan fingerprint density at radius 1 is 0.850 bits per heavy atom. The van der Waals surface area contributed by atoms with Crippen LogP contribution in [0.15, 0.2) is 0 Å². The number of phosphoric acid groups is 2. The van der Waals surface area contributed by atoms with Crippen molar-refractivity contribution in [3.8, 4) is 0 Å². The molecule has 0 saturated carbocycles. The van der Waals surface area contributed by atoms with Gasteiger partial charge in [0, 0.05) is 0 Å². The summed E-state index contributed by atoms with van der Waals surface area (Å²) in [5.74, 6) is 0. The normalized spacial score (nSPS) is 19.4. The summed E-state index contributed by atoms with van der Waals surface area (Å²) in [6, 6.07) is 0. The first-order chi connectivity index (χ1) is 8.62. The molecule has 14 heteroatoms. The topological polar surface area (TPSA) is 112 Å². The van der Waals surface area contributed by atoms with Crippen LogP contribution in [0.2, 0.25) is 0 Å². The molecular formula is C6H12Cl4O8P2. The van der Waals surface area contributed by atoms with Gasteiger partial charge in [0.25, 0.3) is 0 Å². The highest BCUT2D eigenvalue weighted by Crippen LogP contribution is 2.51. The maximum absolute atomic E-state index is 11.3. The van der Waals surface area contributed by atoms with Crippen LogP contribution in [0.5, 0.6) is 0 Å². The molecule has 20 heavy (non-hydrogen) atoms. The molecule has 0 bridgehead atoms. The number of alkyl halides is 4. The summed E-state index contributed by atoms with van der Waals surface area (Å²) >= 11 is 21.4. The average Bonchev–Trinajstić information content (AvgIpc) is 2.04. The van der Waals surface area contributed by atoms with E-state index < -0.39 is 37.9 Å². The predicted molar refractivity (Wildman–Crippen MR) is 73.9 cm³/mol. The van der Waals surface area contributed by atoms with Crippen LogP contribution in [0.4, 0.5) is 0 Å². The highest BCUT2D eigenvalue weighted by Gasteiger charge is 2.34. The van der Waals surface area contributed by atoms with E-state index in [1.165, 1.54) is 0 Å². The minimum absolute atomic E-state index is 0.590. The fraction of sp³-hybridized carbons (Fsp3) is 1.00. The third-order valence-corrected chi connectivity index (χ3v) is 4.09. The SMILES string of the molecule is CC(Cl)(Cl)OP(=O)(O)OCCOP(=O)(O)OC(C)(Cl)Cl. The van der Waals surface area contributed by atoms with Crippen molar-refractivity contribution in [2.24, 2.45) is 0 Å². The van der Waals surface area contributed by atoms with Crippen LogP contribution in [-0.2, 0) is 27.2 Å². The van der Waals surface area contributed by atoms with Gasteiger partial charge < -0.3 is 9.79 Å². The summed E-state index contributed by atoms with van der Waals surface area (Å²) in [4.78, 5) is 18.3. The van der Waals surface area contributed by atoms with Gasteiger partial charge in [-0.15, -0.1) is 0 Å². The van der Waals surface area contributed by atoms with Gasteiger partial charge in [0.1, 0.15) is 0 Å². The summed E-state index contributed by atoms with van der Waals surface area (Å²) in [7, 11) is -9.09. The second-order valence-electron chi connectivity index (χ2n) is 3.40. The van der Waals surface area contributed by atoms with Crippen molar-refractivity contribution in [3.05, 3.63) is 0 Å². The van der Waals surface area contributed by atoms with Crippen LogP contribution < -0.4 is 0 Å². The second-order valence-corrected chi connectivity index (χ2v) is 9.43. The first kappa shape index (κ1) is 21.4. The molecule has 0 saturated heterocycles. The lowest BCUT2D eigenvalue weighted by Crippen LogP contribution is -2.14. The number of rotatable bonds is 9. The highest BCUT2D eigenvalue weighted by atomic mass is 35.5. The predicted octanol–water partition coefficient (Wildman–Crippen LogP) is 3.56. The first-order valence-corrected chi connectivity index (χ1v) is 9.24. The molecule has 0 radical (unpaired) electrons. The molecule has 0 aromatic rings. The Morgan fingerprint density at radius 2 is 1.10 bits per heavy atom. The summed E-state index contributed by atoms with van der Waals surface area (Å²) in [6.07, 6.45) is 0. The van der Waals surface area contributed by atoms with Gasteiger partial charge in [0.2, 0.25) is 9.04 Å². The summed E-state index contributed by atoms with van der Waals surface area (Å²) in [5, 5.41) is 0. The Balaban J connectivity index is 4.15. The van der Waals surface area contributed by atoms with Crippen LogP contribution in [0.3, 0.4) is 0 Å². The zero-order chi connectivity index (χ0) is 16.2. The molecule has 0 rings (SSSR count). The molecule has 0 aromatic carbocycles. The lowest BCUT2D eigenvalue weighted by Gasteiger charge is -2.20. The van der Waals surface area contributed by atoms with Crippen molar-refractivity contribution in [2.45, 2.75) is 22.9 Å². The molecule has 0 aromatic heterocycles. The molecule has 2 unspecified atom stereocenters. The monoisotopic (exact) mass is 414 g/mol. The molecule has 0 fully saturated rings. The average molecular weight is 416 g/mol. The smallest absolute Gasteiger partial charge is 0.302 e. The number of hydrogen-bond donors (Lipinski definition) is 2. The Kier molecular flexibility index (Phi) is 8.31. The van der Waals surface area contributed by atoms with Crippen LogP contribution in [0.25, 0.3) is 0 Å². The summed E-state index contributed by atoms with van der Waals surface area (Å²) in [6.45, 7) is 1.01. The van der Waals surface area contributed by atoms with E-state index in [2.05, 4.69) is 18.1 Å². The van der Waals surface area contributed by atoms with E-state index >= 15 is 0 Å². The van der Waals surface area contributed by atoms with Crippen molar-refractivity contribution in [2.75, 3.05) is 13.2 Å². The van der Waals surface area contributed by atoms with Crippen molar-refractivity contribution in [1.29, 1.82) is 0 Å². The van der Waals surface area contributed by atoms with E-state index in [1.807, 2.05) is 0 Å². The fourth-order valence-corrected chi connectivity index (χ4v) is 3.34. The second kappa shape index (κ2) is 7.77. The third kappa shape index (κ3) is 13.1. The van der Waals surface area contributed by atoms with Gasteiger partial charge in [-0.1, -0.05) is 46.4 Å². The van der Waals surface area contributed by atoms with E-state index in [4.69, 9.17) is 56.2 Å². The molecule has 0 heterocycles. The highest BCUT2D eigenvalue weighted by molar-refractivity contribution is 7.48. The molecule has 2 N–H and O–H groups in total. The molecular weight excluding hydrogens is 404 g/mol. The Labute approximate surface area is 135 Å². The van der Waals surface area contributed by atoms with E-state index in [9.17, 15) is 9.13 Å². The van der Waals surface area contributed by atoms with Gasteiger partial charge in [-0.05, 0) is 13.8 Å². The minimum atomic E-state index is -4.55. The van der Waals surface area contributed by atoms with Crippen LogP contribution in [0, 0.1) is 0 Å². The van der Waals surface area contributed by atoms with Crippen molar-refractivity contribution in [3.63, 3.8) is 0 Å². The summed E-state index contributed by atoms with van der Waals surface area (Å²) < 4.78 is 36.0. The largest absolute Gasteiger partial charge is 0.474 e. The third-order valence-electron chi connectivity index (χ3n) is 1.14. The molecule has 122 valence electrons. The van der Waals surface area contributed by atoms with Crippen molar-refractivity contribution >= 4 is 62.0 Å². The van der Waals surface area contributed by atoms with Crippen molar-refractivity contribution in [1.82, 2.24) is 0 Å². The Hall–Kier alpha value is 1.38. The minimum Gasteiger partial charge on any atom is -0.302 e. The lowest BCUT2D eigenvalue weighted by atomic mass is 10.8. The van der Waals surface area contributed by atoms with Crippen LogP contribution in [-0.4, -0.2) is 32.0 Å². The van der Waals surface area contributed by atoms with Gasteiger partial charge in [-0.25, -0.2) is 18.2 Å². The quantitative estimate of drug-likeness (QED) is 0.334. The number of hydrogen-bond acceptors (Lipinski definition) is 6. The van der Waals surface area contributed by atoms with Gasteiger partial charge in [0.15, 0.2) is 0 Å². The standard InChI is InChI=1S/C6H12Cl4O8P2/c1-5(7,8)17-19(11,12)15-3-4-16-20(13,14)18-6(2,9)10/h3-4H2,1-2H3,(H,11,12)(H,13,14). The molecule has 0 spiro atoms. The zero-order valence-corrected chi connectivity index (χ0v) is 15.0. The first-order valence-electron chi connectivity index (χ1n) is 4.74. The summed E-state index contributed by atoms with van der Waals surface area (Å²) in [5.41, 5.74) is 0. The van der Waals surface area contributed by atoms with Crippen LogP contribution in [0.1, 0.15) is 13.8 Å². The number of phosphoric ester groups is 2. The van der Waals surface area contributed by atoms with E-state index in [1.54, 1.807) is 0 Å². The van der Waals surface area contributed by atoms with Gasteiger partial charge in [0.05, 0.1) is 13.2 Å². The van der Waals surface area contributed by atoms with Crippen LogP contribution >= 0.6 is 62.0 Å². The van der Waals surface area contributed by atoms with Gasteiger partial charge in [-0.2, -0.15) is 0 Å². The maximum atomic E-state index is 11.3. The molecule has 8 nitrogen and oxygen atoms in total. The van der Waals surface area contributed by atoms with E-state index in [0.717, 1.165) is 13.8 Å². The molecule has 0 aliphatic rings. The molecule has 0 aliphatic carbocycles. The van der Waals surface area contributed by atoms with Crippen molar-refractivity contribution < 1.29 is 37.0 Å².